The third-order valence-corrected chi connectivity index (χ3v) is 6.04. The van der Waals surface area contributed by atoms with Crippen LogP contribution in [0.4, 0.5) is 0 Å². The lowest BCUT2D eigenvalue weighted by Crippen LogP contribution is -2.33. The Bertz CT molecular complexity index is 1220. The number of halogens is 1. The van der Waals surface area contributed by atoms with Gasteiger partial charge in [-0.3, -0.25) is 14.2 Å². The lowest BCUT2D eigenvalue weighted by Gasteiger charge is -2.15. The number of fused-ring (bicyclic) bond motifs is 1. The number of carbonyl (C=O) groups excluding carboxylic acids is 1. The van der Waals surface area contributed by atoms with Gasteiger partial charge in [-0.15, -0.1) is 11.3 Å². The van der Waals surface area contributed by atoms with Gasteiger partial charge in [0.1, 0.15) is 11.2 Å². The third kappa shape index (κ3) is 4.23. The molecule has 4 aromatic rings. The summed E-state index contributed by atoms with van der Waals surface area (Å²) in [7, 11) is 0. The third-order valence-electron chi connectivity index (χ3n) is 4.62. The molecule has 146 valence electrons. The normalized spacial score (nSPS) is 12.1. The van der Waals surface area contributed by atoms with E-state index in [2.05, 4.69) is 10.3 Å². The number of amides is 1. The van der Waals surface area contributed by atoms with Crippen molar-refractivity contribution in [3.8, 4) is 10.4 Å². The predicted octanol–water partition coefficient (Wildman–Crippen LogP) is 4.66. The van der Waals surface area contributed by atoms with Gasteiger partial charge in [0.25, 0.3) is 5.56 Å². The molecule has 1 amide bonds. The molecule has 0 aliphatic heterocycles. The molecule has 1 unspecified atom stereocenters. The fourth-order valence-corrected chi connectivity index (χ4v) is 4.27. The van der Waals surface area contributed by atoms with Crippen molar-refractivity contribution in [2.45, 2.75) is 19.5 Å². The van der Waals surface area contributed by atoms with Crippen molar-refractivity contribution in [2.24, 2.45) is 0 Å². The highest BCUT2D eigenvalue weighted by Crippen LogP contribution is 2.30. The van der Waals surface area contributed by atoms with Crippen molar-refractivity contribution in [3.63, 3.8) is 0 Å². The van der Waals surface area contributed by atoms with Crippen LogP contribution < -0.4 is 10.9 Å². The first kappa shape index (κ1) is 19.4. The van der Waals surface area contributed by atoms with Gasteiger partial charge in [-0.2, -0.15) is 0 Å². The second kappa shape index (κ2) is 8.19. The monoisotopic (exact) mass is 423 g/mol. The van der Waals surface area contributed by atoms with Crippen LogP contribution >= 0.6 is 22.9 Å². The standard InChI is InChI=1S/C22H18ClN3O2S/c1-14(15-7-9-17(23)10-8-15)25-20(27)12-26-13-24-18-11-19(29-21(18)22(26)28)16-5-3-2-4-6-16/h2-11,13-14H,12H2,1H3,(H,25,27). The highest BCUT2D eigenvalue weighted by molar-refractivity contribution is 7.22. The Morgan fingerprint density at radius 2 is 1.90 bits per heavy atom. The van der Waals surface area contributed by atoms with Crippen molar-refractivity contribution in [2.75, 3.05) is 0 Å². The minimum Gasteiger partial charge on any atom is -0.348 e. The second-order valence-corrected chi connectivity index (χ2v) is 8.20. The summed E-state index contributed by atoms with van der Waals surface area (Å²) in [6.07, 6.45) is 1.43. The number of nitrogens with zero attached hydrogens (tertiary/aromatic N) is 2. The van der Waals surface area contributed by atoms with Crippen LogP contribution in [0.15, 0.2) is 71.8 Å². The fraction of sp³-hybridized carbons (Fsp3) is 0.136. The maximum atomic E-state index is 12.8. The first-order chi connectivity index (χ1) is 14.0. The average molecular weight is 424 g/mol. The second-order valence-electron chi connectivity index (χ2n) is 6.71. The molecule has 2 aromatic heterocycles. The molecule has 0 aliphatic carbocycles. The summed E-state index contributed by atoms with van der Waals surface area (Å²) in [5.74, 6) is -0.254. The van der Waals surface area contributed by atoms with Crippen LogP contribution in [0.5, 0.6) is 0 Å². The maximum absolute atomic E-state index is 12.8. The molecule has 2 aromatic carbocycles. The molecule has 0 aliphatic rings. The number of rotatable bonds is 5. The van der Waals surface area contributed by atoms with Crippen LogP contribution in [0.2, 0.25) is 5.02 Å². The van der Waals surface area contributed by atoms with E-state index in [1.807, 2.05) is 55.5 Å². The largest absolute Gasteiger partial charge is 0.348 e. The quantitative estimate of drug-likeness (QED) is 0.508. The minimum absolute atomic E-state index is 0.0850. The maximum Gasteiger partial charge on any atom is 0.271 e. The molecule has 1 atom stereocenters. The fourth-order valence-electron chi connectivity index (χ4n) is 3.08. The van der Waals surface area contributed by atoms with Crippen molar-refractivity contribution in [3.05, 3.63) is 87.9 Å². The highest BCUT2D eigenvalue weighted by Gasteiger charge is 2.14. The van der Waals surface area contributed by atoms with E-state index in [0.717, 1.165) is 16.0 Å². The molecule has 0 saturated heterocycles. The van der Waals surface area contributed by atoms with Crippen LogP contribution in [0, 0.1) is 0 Å². The van der Waals surface area contributed by atoms with Gasteiger partial charge < -0.3 is 5.32 Å². The van der Waals surface area contributed by atoms with E-state index in [1.54, 1.807) is 12.1 Å². The molecule has 4 rings (SSSR count). The van der Waals surface area contributed by atoms with Crippen molar-refractivity contribution < 1.29 is 4.79 Å². The average Bonchev–Trinajstić information content (AvgIpc) is 3.16. The van der Waals surface area contributed by atoms with Gasteiger partial charge in [-0.25, -0.2) is 4.98 Å². The lowest BCUT2D eigenvalue weighted by atomic mass is 10.1. The SMILES string of the molecule is CC(NC(=O)Cn1cnc2cc(-c3ccccc3)sc2c1=O)c1ccc(Cl)cc1. The number of benzene rings is 2. The predicted molar refractivity (Wildman–Crippen MR) is 117 cm³/mol. The number of aromatic nitrogens is 2. The van der Waals surface area contributed by atoms with E-state index in [4.69, 9.17) is 11.6 Å². The van der Waals surface area contributed by atoms with Gasteiger partial charge in [0.15, 0.2) is 0 Å². The van der Waals surface area contributed by atoms with Crippen LogP contribution in [0.3, 0.4) is 0 Å². The van der Waals surface area contributed by atoms with Crippen LogP contribution in [0.25, 0.3) is 20.7 Å². The minimum atomic E-state index is -0.254. The molecular formula is C22H18ClN3O2S. The summed E-state index contributed by atoms with van der Waals surface area (Å²) < 4.78 is 1.89. The Hall–Kier alpha value is -2.96. The number of carbonyl (C=O) groups is 1. The number of nitrogens with one attached hydrogen (secondary N) is 1. The molecule has 0 spiro atoms. The molecular weight excluding hydrogens is 406 g/mol. The van der Waals surface area contributed by atoms with Crippen molar-refractivity contribution in [1.29, 1.82) is 0 Å². The van der Waals surface area contributed by atoms with Gasteiger partial charge in [-0.1, -0.05) is 54.1 Å². The van der Waals surface area contributed by atoms with E-state index in [9.17, 15) is 9.59 Å². The number of thiophene rings is 1. The molecule has 0 fully saturated rings. The summed E-state index contributed by atoms with van der Waals surface area (Å²) in [5.41, 5.74) is 2.41. The van der Waals surface area contributed by atoms with Crippen molar-refractivity contribution >= 4 is 39.1 Å². The summed E-state index contributed by atoms with van der Waals surface area (Å²) in [4.78, 5) is 30.6. The summed E-state index contributed by atoms with van der Waals surface area (Å²) in [5, 5.41) is 3.55. The summed E-state index contributed by atoms with van der Waals surface area (Å²) >= 11 is 7.29. The highest BCUT2D eigenvalue weighted by atomic mass is 35.5. The molecule has 0 bridgehead atoms. The lowest BCUT2D eigenvalue weighted by molar-refractivity contribution is -0.122. The zero-order valence-electron chi connectivity index (χ0n) is 15.6. The Labute approximate surface area is 176 Å². The van der Waals surface area contributed by atoms with Gasteiger partial charge >= 0.3 is 0 Å². The summed E-state index contributed by atoms with van der Waals surface area (Å²) in [6.45, 7) is 1.80. The van der Waals surface area contributed by atoms with Gasteiger partial charge in [0.05, 0.1) is 17.9 Å². The first-order valence-corrected chi connectivity index (χ1v) is 10.3. The zero-order valence-corrected chi connectivity index (χ0v) is 17.2. The van der Waals surface area contributed by atoms with Crippen LogP contribution in [-0.2, 0) is 11.3 Å². The van der Waals surface area contributed by atoms with E-state index >= 15 is 0 Å². The molecule has 2 heterocycles. The van der Waals surface area contributed by atoms with Crippen molar-refractivity contribution in [1.82, 2.24) is 14.9 Å². The van der Waals surface area contributed by atoms with E-state index in [0.29, 0.717) is 15.2 Å². The Morgan fingerprint density at radius 1 is 1.17 bits per heavy atom. The van der Waals surface area contributed by atoms with Crippen LogP contribution in [0.1, 0.15) is 18.5 Å². The number of hydrogen-bond donors (Lipinski definition) is 1. The summed E-state index contributed by atoms with van der Waals surface area (Å²) in [6, 6.07) is 18.9. The smallest absolute Gasteiger partial charge is 0.271 e. The molecule has 7 heteroatoms. The molecule has 0 radical (unpaired) electrons. The van der Waals surface area contributed by atoms with Gasteiger partial charge in [0.2, 0.25) is 5.91 Å². The topological polar surface area (TPSA) is 64.0 Å². The Morgan fingerprint density at radius 3 is 2.62 bits per heavy atom. The van der Waals surface area contributed by atoms with Crippen LogP contribution in [-0.4, -0.2) is 15.5 Å². The molecule has 0 saturated carbocycles. The van der Waals surface area contributed by atoms with E-state index in [1.165, 1.54) is 22.2 Å². The first-order valence-electron chi connectivity index (χ1n) is 9.10. The Balaban J connectivity index is 1.53. The molecule has 5 nitrogen and oxygen atoms in total. The van der Waals surface area contributed by atoms with Gasteiger partial charge in [-0.05, 0) is 36.2 Å². The number of hydrogen-bond acceptors (Lipinski definition) is 4. The Kier molecular flexibility index (Phi) is 5.47. The van der Waals surface area contributed by atoms with E-state index < -0.39 is 0 Å². The zero-order chi connectivity index (χ0) is 20.4. The molecule has 1 N–H and O–H groups in total. The van der Waals surface area contributed by atoms with Gasteiger partial charge in [0, 0.05) is 9.90 Å². The molecule has 29 heavy (non-hydrogen) atoms. The van der Waals surface area contributed by atoms with E-state index in [-0.39, 0.29) is 24.1 Å².